The fourth-order valence-corrected chi connectivity index (χ4v) is 4.26. The van der Waals surface area contributed by atoms with Crippen molar-refractivity contribution in [2.24, 2.45) is 0 Å². The Kier molecular flexibility index (Phi) is 6.12. The molecule has 2 amide bonds. The van der Waals surface area contributed by atoms with Crippen LogP contribution in [0.4, 0.5) is 0 Å². The van der Waals surface area contributed by atoms with Crippen molar-refractivity contribution in [3.05, 3.63) is 82.9 Å². The first-order chi connectivity index (χ1) is 14.6. The van der Waals surface area contributed by atoms with Crippen LogP contribution in [0.2, 0.25) is 0 Å². The van der Waals surface area contributed by atoms with Gasteiger partial charge in [0.25, 0.3) is 0 Å². The first-order valence-electron chi connectivity index (χ1n) is 10.7. The van der Waals surface area contributed by atoms with E-state index in [1.165, 1.54) is 24.0 Å². The molecule has 4 nitrogen and oxygen atoms in total. The zero-order chi connectivity index (χ0) is 20.9. The Hall–Kier alpha value is -3.14. The lowest BCUT2D eigenvalue weighted by Crippen LogP contribution is -2.38. The van der Waals surface area contributed by atoms with Gasteiger partial charge in [-0.2, -0.15) is 0 Å². The van der Waals surface area contributed by atoms with Crippen LogP contribution in [0, 0.1) is 0 Å². The number of hydrogen-bond acceptors (Lipinski definition) is 2. The van der Waals surface area contributed by atoms with Gasteiger partial charge in [-0.05, 0) is 65.6 Å². The standard InChI is InChI=1S/C26H28N2O2/c1-18(21-14-13-19-7-2-3-9-22(19)15-21)28-26(30)17-27-25(29)16-23-11-6-10-20-8-4-5-12-24(20)23/h4-6,8,10-15,18H,2-3,7,9,16-17H2,1H3,(H,27,29)(H,28,30). The lowest BCUT2D eigenvalue weighted by atomic mass is 9.89. The Bertz CT molecular complexity index is 1070. The Labute approximate surface area is 177 Å². The number of aryl methyl sites for hydroxylation is 2. The van der Waals surface area contributed by atoms with Gasteiger partial charge in [0.15, 0.2) is 0 Å². The molecule has 0 aliphatic heterocycles. The van der Waals surface area contributed by atoms with Gasteiger partial charge < -0.3 is 10.6 Å². The van der Waals surface area contributed by atoms with Crippen LogP contribution >= 0.6 is 0 Å². The molecule has 1 unspecified atom stereocenters. The molecule has 1 aliphatic carbocycles. The summed E-state index contributed by atoms with van der Waals surface area (Å²) in [4.78, 5) is 24.7. The van der Waals surface area contributed by atoms with E-state index >= 15 is 0 Å². The lowest BCUT2D eigenvalue weighted by Gasteiger charge is -2.20. The summed E-state index contributed by atoms with van der Waals surface area (Å²) in [5.74, 6) is -0.325. The summed E-state index contributed by atoms with van der Waals surface area (Å²) in [7, 11) is 0. The maximum Gasteiger partial charge on any atom is 0.239 e. The van der Waals surface area contributed by atoms with Crippen LogP contribution in [0.5, 0.6) is 0 Å². The molecule has 0 bridgehead atoms. The summed E-state index contributed by atoms with van der Waals surface area (Å²) in [6.45, 7) is 1.97. The fraction of sp³-hybridized carbons (Fsp3) is 0.308. The van der Waals surface area contributed by atoms with Crippen molar-refractivity contribution in [2.45, 2.75) is 45.1 Å². The Morgan fingerprint density at radius 3 is 2.53 bits per heavy atom. The van der Waals surface area contributed by atoms with E-state index in [1.54, 1.807) is 0 Å². The van der Waals surface area contributed by atoms with Crippen LogP contribution in [-0.2, 0) is 28.9 Å². The average molecular weight is 401 g/mol. The average Bonchev–Trinajstić information content (AvgIpc) is 2.77. The van der Waals surface area contributed by atoms with Gasteiger partial charge in [0.2, 0.25) is 11.8 Å². The maximum atomic E-state index is 12.4. The molecule has 0 aromatic heterocycles. The molecule has 0 radical (unpaired) electrons. The van der Waals surface area contributed by atoms with Crippen molar-refractivity contribution in [1.29, 1.82) is 0 Å². The minimum absolute atomic E-state index is 0.0150. The van der Waals surface area contributed by atoms with Crippen molar-refractivity contribution in [2.75, 3.05) is 6.54 Å². The summed E-state index contributed by atoms with van der Waals surface area (Å²) in [5, 5.41) is 7.93. The first kappa shape index (κ1) is 20.1. The van der Waals surface area contributed by atoms with Gasteiger partial charge in [-0.25, -0.2) is 0 Å². The Morgan fingerprint density at radius 2 is 1.67 bits per heavy atom. The number of amides is 2. The largest absolute Gasteiger partial charge is 0.348 e. The van der Waals surface area contributed by atoms with Gasteiger partial charge in [-0.1, -0.05) is 60.7 Å². The molecule has 30 heavy (non-hydrogen) atoms. The van der Waals surface area contributed by atoms with E-state index in [2.05, 4.69) is 28.8 Å². The van der Waals surface area contributed by atoms with E-state index in [0.29, 0.717) is 0 Å². The third-order valence-corrected chi connectivity index (χ3v) is 5.93. The van der Waals surface area contributed by atoms with Crippen molar-refractivity contribution < 1.29 is 9.59 Å². The molecule has 2 N–H and O–H groups in total. The molecule has 3 aromatic rings. The number of nitrogens with one attached hydrogen (secondary N) is 2. The summed E-state index contributed by atoms with van der Waals surface area (Å²) in [6, 6.07) is 20.4. The molecule has 4 rings (SSSR count). The second-order valence-corrected chi connectivity index (χ2v) is 8.12. The highest BCUT2D eigenvalue weighted by molar-refractivity contribution is 5.91. The van der Waals surface area contributed by atoms with Gasteiger partial charge >= 0.3 is 0 Å². The van der Waals surface area contributed by atoms with E-state index in [4.69, 9.17) is 0 Å². The Morgan fingerprint density at radius 1 is 0.900 bits per heavy atom. The fourth-order valence-electron chi connectivity index (χ4n) is 4.26. The molecular weight excluding hydrogens is 372 g/mol. The van der Waals surface area contributed by atoms with E-state index in [1.807, 2.05) is 49.4 Å². The highest BCUT2D eigenvalue weighted by Gasteiger charge is 2.15. The topological polar surface area (TPSA) is 58.2 Å². The highest BCUT2D eigenvalue weighted by atomic mass is 16.2. The molecular formula is C26H28N2O2. The molecule has 0 spiro atoms. The highest BCUT2D eigenvalue weighted by Crippen LogP contribution is 2.24. The zero-order valence-electron chi connectivity index (χ0n) is 17.4. The van der Waals surface area contributed by atoms with Crippen molar-refractivity contribution in [3.63, 3.8) is 0 Å². The van der Waals surface area contributed by atoms with Crippen molar-refractivity contribution in [1.82, 2.24) is 10.6 Å². The van der Waals surface area contributed by atoms with Gasteiger partial charge in [0.05, 0.1) is 19.0 Å². The van der Waals surface area contributed by atoms with Gasteiger partial charge in [-0.15, -0.1) is 0 Å². The minimum atomic E-state index is -0.175. The normalized spacial score (nSPS) is 14.0. The predicted molar refractivity (Wildman–Crippen MR) is 120 cm³/mol. The molecule has 0 fully saturated rings. The number of fused-ring (bicyclic) bond motifs is 2. The third-order valence-electron chi connectivity index (χ3n) is 5.93. The van der Waals surface area contributed by atoms with Gasteiger partial charge in [0.1, 0.15) is 0 Å². The molecule has 4 heteroatoms. The van der Waals surface area contributed by atoms with Crippen LogP contribution in [0.3, 0.4) is 0 Å². The van der Waals surface area contributed by atoms with Gasteiger partial charge in [0, 0.05) is 0 Å². The third kappa shape index (κ3) is 4.70. The monoisotopic (exact) mass is 400 g/mol. The first-order valence-corrected chi connectivity index (χ1v) is 10.7. The summed E-state index contributed by atoms with van der Waals surface area (Å²) in [6.07, 6.45) is 5.03. The minimum Gasteiger partial charge on any atom is -0.348 e. The summed E-state index contributed by atoms with van der Waals surface area (Å²) < 4.78 is 0. The molecule has 154 valence electrons. The second-order valence-electron chi connectivity index (χ2n) is 8.12. The van der Waals surface area contributed by atoms with Gasteiger partial charge in [-0.3, -0.25) is 9.59 Å². The second kappa shape index (κ2) is 9.12. The van der Waals surface area contributed by atoms with Crippen LogP contribution in [0.25, 0.3) is 10.8 Å². The molecule has 3 aromatic carbocycles. The molecule has 0 saturated heterocycles. The number of carbonyl (C=O) groups excluding carboxylic acids is 2. The number of benzene rings is 3. The quantitative estimate of drug-likeness (QED) is 0.650. The maximum absolute atomic E-state index is 12.4. The van der Waals surface area contributed by atoms with Crippen LogP contribution in [0.15, 0.2) is 60.7 Å². The molecule has 1 atom stereocenters. The van der Waals surface area contributed by atoms with Crippen molar-refractivity contribution in [3.8, 4) is 0 Å². The molecule has 0 saturated carbocycles. The van der Waals surface area contributed by atoms with Crippen LogP contribution in [0.1, 0.15) is 48.1 Å². The van der Waals surface area contributed by atoms with E-state index in [-0.39, 0.29) is 30.8 Å². The van der Waals surface area contributed by atoms with E-state index in [0.717, 1.165) is 34.7 Å². The number of hydrogen-bond donors (Lipinski definition) is 2. The molecule has 0 heterocycles. The predicted octanol–water partition coefficient (Wildman–Crippen LogP) is 4.25. The number of carbonyl (C=O) groups is 2. The summed E-state index contributed by atoms with van der Waals surface area (Å²) in [5.41, 5.74) is 4.92. The van der Waals surface area contributed by atoms with E-state index < -0.39 is 0 Å². The molecule has 1 aliphatic rings. The Balaban J connectivity index is 1.30. The smallest absolute Gasteiger partial charge is 0.239 e. The van der Waals surface area contributed by atoms with E-state index in [9.17, 15) is 9.59 Å². The van der Waals surface area contributed by atoms with Crippen LogP contribution in [-0.4, -0.2) is 18.4 Å². The number of rotatable bonds is 6. The summed E-state index contributed by atoms with van der Waals surface area (Å²) >= 11 is 0. The van der Waals surface area contributed by atoms with Crippen molar-refractivity contribution >= 4 is 22.6 Å². The zero-order valence-corrected chi connectivity index (χ0v) is 17.4. The van der Waals surface area contributed by atoms with Crippen LogP contribution < -0.4 is 10.6 Å². The lowest BCUT2D eigenvalue weighted by molar-refractivity contribution is -0.126. The SMILES string of the molecule is CC(NC(=O)CNC(=O)Cc1cccc2ccccc12)c1ccc2c(c1)CCCC2.